The molecule has 0 amide bonds. The topological polar surface area (TPSA) is 105 Å². The molecule has 0 spiro atoms. The quantitative estimate of drug-likeness (QED) is 0.608. The highest BCUT2D eigenvalue weighted by Gasteiger charge is 2.09. The molecule has 0 bridgehead atoms. The Bertz CT molecular complexity index is 318. The Morgan fingerprint density at radius 1 is 1.50 bits per heavy atom. The van der Waals surface area contributed by atoms with Crippen LogP contribution in [0.25, 0.3) is 0 Å². The molecule has 7 nitrogen and oxygen atoms in total. The fourth-order valence-corrected chi connectivity index (χ4v) is 0.612. The fourth-order valence-electron chi connectivity index (χ4n) is 0.612. The summed E-state index contributed by atoms with van der Waals surface area (Å²) in [6, 6.07) is 0. The monoisotopic (exact) mass is 171 g/mol. The van der Waals surface area contributed by atoms with Crippen LogP contribution < -0.4 is 0 Å². The normalized spacial score (nSPS) is 9.67. The van der Waals surface area contributed by atoms with Gasteiger partial charge >= 0.3 is 11.9 Å². The van der Waals surface area contributed by atoms with E-state index >= 15 is 0 Å². The Balaban J connectivity index is 2.77. The van der Waals surface area contributed by atoms with Crippen molar-refractivity contribution < 1.29 is 19.8 Å². The second-order valence-corrected chi connectivity index (χ2v) is 2.00. The number of aromatic nitrogens is 3. The Labute approximate surface area is 66.2 Å². The summed E-state index contributed by atoms with van der Waals surface area (Å²) in [5, 5.41) is 23.1. The molecule has 0 aliphatic heterocycles. The van der Waals surface area contributed by atoms with Gasteiger partial charge in [0.1, 0.15) is 6.54 Å². The van der Waals surface area contributed by atoms with E-state index in [1.165, 1.54) is 0 Å². The summed E-state index contributed by atoms with van der Waals surface area (Å²) in [5.41, 5.74) is -0.267. The fraction of sp³-hybridized carbons (Fsp3) is 0.200. The second-order valence-electron chi connectivity index (χ2n) is 2.00. The van der Waals surface area contributed by atoms with E-state index in [0.717, 1.165) is 10.9 Å². The number of carboxylic acid groups (broad SMARTS) is 2. The molecule has 2 N–H and O–H groups in total. The highest BCUT2D eigenvalue weighted by Crippen LogP contribution is 1.91. The molecule has 0 unspecified atom stereocenters. The first-order valence-electron chi connectivity index (χ1n) is 2.95. The van der Waals surface area contributed by atoms with Gasteiger partial charge in [0, 0.05) is 0 Å². The van der Waals surface area contributed by atoms with Crippen LogP contribution in [0.5, 0.6) is 0 Å². The molecule has 1 heterocycles. The lowest BCUT2D eigenvalue weighted by Crippen LogP contribution is -2.09. The van der Waals surface area contributed by atoms with E-state index in [1.54, 1.807) is 0 Å². The summed E-state index contributed by atoms with van der Waals surface area (Å²) >= 11 is 0. The minimum atomic E-state index is -1.23. The largest absolute Gasteiger partial charge is 0.480 e. The highest BCUT2D eigenvalue weighted by atomic mass is 16.4. The van der Waals surface area contributed by atoms with Crippen molar-refractivity contribution in [3.8, 4) is 0 Å². The summed E-state index contributed by atoms with van der Waals surface area (Å²) in [6.07, 6.45) is 1.05. The predicted molar refractivity (Wildman–Crippen MR) is 34.6 cm³/mol. The van der Waals surface area contributed by atoms with Crippen molar-refractivity contribution in [1.82, 2.24) is 15.0 Å². The van der Waals surface area contributed by atoms with Crippen LogP contribution in [0.4, 0.5) is 0 Å². The Hall–Kier alpha value is -1.92. The Morgan fingerprint density at radius 3 is 2.58 bits per heavy atom. The van der Waals surface area contributed by atoms with Crippen molar-refractivity contribution in [3.05, 3.63) is 11.9 Å². The van der Waals surface area contributed by atoms with Gasteiger partial charge in [-0.05, 0) is 0 Å². The summed E-state index contributed by atoms with van der Waals surface area (Å²) in [6.45, 7) is -0.389. The minimum absolute atomic E-state index is 0.267. The van der Waals surface area contributed by atoms with Crippen LogP contribution >= 0.6 is 0 Å². The van der Waals surface area contributed by atoms with Crippen molar-refractivity contribution in [1.29, 1.82) is 0 Å². The third kappa shape index (κ3) is 1.78. The summed E-state index contributed by atoms with van der Waals surface area (Å²) < 4.78 is 0.936. The molecule has 0 saturated heterocycles. The first-order chi connectivity index (χ1) is 5.59. The van der Waals surface area contributed by atoms with Crippen LogP contribution in [0, 0.1) is 0 Å². The van der Waals surface area contributed by atoms with Crippen LogP contribution in [0.15, 0.2) is 6.20 Å². The van der Waals surface area contributed by atoms with Gasteiger partial charge in [0.2, 0.25) is 0 Å². The van der Waals surface area contributed by atoms with E-state index in [1.807, 2.05) is 0 Å². The van der Waals surface area contributed by atoms with Crippen molar-refractivity contribution in [2.45, 2.75) is 6.54 Å². The van der Waals surface area contributed by atoms with Crippen LogP contribution in [0.1, 0.15) is 10.5 Å². The molecular formula is C5H5N3O4. The zero-order valence-electron chi connectivity index (χ0n) is 5.84. The van der Waals surface area contributed by atoms with Crippen LogP contribution in [-0.2, 0) is 11.3 Å². The smallest absolute Gasteiger partial charge is 0.358 e. The number of hydrogen-bond donors (Lipinski definition) is 2. The SMILES string of the molecule is O=C(O)Cn1cc(C(=O)O)nn1. The number of hydrogen-bond acceptors (Lipinski definition) is 4. The molecule has 0 fully saturated rings. The van der Waals surface area contributed by atoms with Crippen LogP contribution in [-0.4, -0.2) is 37.1 Å². The van der Waals surface area contributed by atoms with Gasteiger partial charge in [0.05, 0.1) is 6.20 Å². The summed E-state index contributed by atoms with van der Waals surface area (Å²) in [7, 11) is 0. The standard InChI is InChI=1S/C5H5N3O4/c9-4(10)2-8-1-3(5(11)12)6-7-8/h1H,2H2,(H,9,10)(H,11,12). The van der Waals surface area contributed by atoms with E-state index in [2.05, 4.69) is 10.3 Å². The maximum atomic E-state index is 10.2. The molecular weight excluding hydrogens is 166 g/mol. The Morgan fingerprint density at radius 2 is 2.17 bits per heavy atom. The lowest BCUT2D eigenvalue weighted by atomic mass is 10.5. The molecule has 0 aliphatic rings. The van der Waals surface area contributed by atoms with E-state index in [0.29, 0.717) is 0 Å². The van der Waals surface area contributed by atoms with Gasteiger partial charge in [-0.1, -0.05) is 5.21 Å². The maximum Gasteiger partial charge on any atom is 0.358 e. The molecule has 0 radical (unpaired) electrons. The predicted octanol–water partition coefficient (Wildman–Crippen LogP) is -0.939. The molecule has 0 saturated carbocycles. The third-order valence-electron chi connectivity index (χ3n) is 1.06. The molecule has 0 aliphatic carbocycles. The lowest BCUT2D eigenvalue weighted by Gasteiger charge is -1.90. The first-order valence-corrected chi connectivity index (χ1v) is 2.95. The van der Waals surface area contributed by atoms with Gasteiger partial charge in [-0.25, -0.2) is 9.48 Å². The molecule has 0 atom stereocenters. The minimum Gasteiger partial charge on any atom is -0.480 e. The lowest BCUT2D eigenvalue weighted by molar-refractivity contribution is -0.137. The van der Waals surface area contributed by atoms with E-state index < -0.39 is 11.9 Å². The molecule has 64 valence electrons. The second kappa shape index (κ2) is 2.99. The number of rotatable bonds is 3. The zero-order chi connectivity index (χ0) is 9.14. The molecule has 12 heavy (non-hydrogen) atoms. The first kappa shape index (κ1) is 8.18. The van der Waals surface area contributed by atoms with E-state index in [-0.39, 0.29) is 12.2 Å². The number of aliphatic carboxylic acids is 1. The average Bonchev–Trinajstić information content (AvgIpc) is 2.34. The van der Waals surface area contributed by atoms with Gasteiger partial charge in [-0.3, -0.25) is 4.79 Å². The number of aromatic carboxylic acids is 1. The maximum absolute atomic E-state index is 10.2. The molecule has 1 aromatic rings. The van der Waals surface area contributed by atoms with Gasteiger partial charge in [-0.15, -0.1) is 5.10 Å². The van der Waals surface area contributed by atoms with Gasteiger partial charge in [0.25, 0.3) is 0 Å². The van der Waals surface area contributed by atoms with E-state index in [4.69, 9.17) is 10.2 Å². The van der Waals surface area contributed by atoms with Gasteiger partial charge < -0.3 is 10.2 Å². The summed E-state index contributed by atoms with van der Waals surface area (Å²) in [4.78, 5) is 20.3. The Kier molecular flexibility index (Phi) is 2.04. The molecule has 7 heteroatoms. The van der Waals surface area contributed by atoms with Crippen LogP contribution in [0.3, 0.4) is 0 Å². The summed E-state index contributed by atoms with van der Waals surface area (Å²) in [5.74, 6) is -2.33. The van der Waals surface area contributed by atoms with E-state index in [9.17, 15) is 9.59 Å². The molecule has 0 aromatic carbocycles. The molecule has 1 rings (SSSR count). The van der Waals surface area contributed by atoms with Gasteiger partial charge in [0.15, 0.2) is 5.69 Å². The van der Waals surface area contributed by atoms with Gasteiger partial charge in [-0.2, -0.15) is 0 Å². The van der Waals surface area contributed by atoms with Crippen molar-refractivity contribution in [3.63, 3.8) is 0 Å². The van der Waals surface area contributed by atoms with Crippen molar-refractivity contribution >= 4 is 11.9 Å². The van der Waals surface area contributed by atoms with Crippen molar-refractivity contribution in [2.24, 2.45) is 0 Å². The number of carbonyl (C=O) groups is 2. The van der Waals surface area contributed by atoms with Crippen molar-refractivity contribution in [2.75, 3.05) is 0 Å². The number of carboxylic acids is 2. The highest BCUT2D eigenvalue weighted by molar-refractivity contribution is 5.84. The van der Waals surface area contributed by atoms with Crippen LogP contribution in [0.2, 0.25) is 0 Å². The number of nitrogens with zero attached hydrogens (tertiary/aromatic N) is 3. The third-order valence-corrected chi connectivity index (χ3v) is 1.06. The zero-order valence-corrected chi connectivity index (χ0v) is 5.84. The average molecular weight is 171 g/mol. The molecule has 1 aromatic heterocycles.